The molecule has 1 aromatic heterocycles. The van der Waals surface area contributed by atoms with Crippen LogP contribution in [0.1, 0.15) is 12.1 Å². The third-order valence-corrected chi connectivity index (χ3v) is 3.26. The van der Waals surface area contributed by atoms with Gasteiger partial charge in [0.2, 0.25) is 0 Å². The molecule has 0 spiro atoms. The lowest BCUT2D eigenvalue weighted by Gasteiger charge is -2.04. The molecule has 11 heteroatoms. The molecule has 0 bridgehead atoms. The minimum atomic E-state index is -4.55. The molecule has 17 heavy (non-hydrogen) atoms. The van der Waals surface area contributed by atoms with Crippen LogP contribution in [0, 0.1) is 10.1 Å². The van der Waals surface area contributed by atoms with E-state index >= 15 is 0 Å². The van der Waals surface area contributed by atoms with E-state index in [1.54, 1.807) is 0 Å². The van der Waals surface area contributed by atoms with Crippen LogP contribution in [0.5, 0.6) is 0 Å². The van der Waals surface area contributed by atoms with Crippen molar-refractivity contribution in [1.29, 1.82) is 0 Å². The SMILES string of the molecule is O=[N+]([O-])c1cc(C(F)F)nc(S(=O)(=O)Cl)c1Cl. The standard InChI is InChI=1S/C6H2Cl2F2N2O4S/c7-4-3(12(13)14)1-2(5(9)10)11-6(4)17(8,15)16/h1,5H. The van der Waals surface area contributed by atoms with Crippen molar-refractivity contribution < 1.29 is 22.1 Å². The van der Waals surface area contributed by atoms with Crippen LogP contribution in [0.3, 0.4) is 0 Å². The fourth-order valence-electron chi connectivity index (χ4n) is 0.918. The first kappa shape index (κ1) is 14.0. The Balaban J connectivity index is 3.67. The Bertz CT molecular complexity index is 578. The van der Waals surface area contributed by atoms with Crippen LogP contribution in [-0.2, 0) is 9.05 Å². The van der Waals surface area contributed by atoms with E-state index in [1.165, 1.54) is 0 Å². The predicted molar refractivity (Wildman–Crippen MR) is 53.9 cm³/mol. The van der Waals surface area contributed by atoms with Crippen molar-refractivity contribution in [3.8, 4) is 0 Å². The number of halogens is 4. The molecule has 0 fully saturated rings. The Hall–Kier alpha value is -1.06. The summed E-state index contributed by atoms with van der Waals surface area (Å²) >= 11 is 5.35. The number of nitrogens with zero attached hydrogens (tertiary/aromatic N) is 2. The third kappa shape index (κ3) is 2.99. The van der Waals surface area contributed by atoms with Crippen molar-refractivity contribution in [3.05, 3.63) is 26.9 Å². The zero-order valence-electron chi connectivity index (χ0n) is 7.60. The highest BCUT2D eigenvalue weighted by Gasteiger charge is 2.28. The van der Waals surface area contributed by atoms with Gasteiger partial charge in [0.25, 0.3) is 21.2 Å². The van der Waals surface area contributed by atoms with Crippen LogP contribution in [0.15, 0.2) is 11.1 Å². The van der Waals surface area contributed by atoms with Crippen LogP contribution < -0.4 is 0 Å². The maximum absolute atomic E-state index is 12.3. The first-order valence-electron chi connectivity index (χ1n) is 3.72. The molecular formula is C6H2Cl2F2N2O4S. The summed E-state index contributed by atoms with van der Waals surface area (Å²) < 4.78 is 46.6. The van der Waals surface area contributed by atoms with Crippen molar-refractivity contribution in [1.82, 2.24) is 4.98 Å². The second-order valence-corrected chi connectivity index (χ2v) is 5.54. The lowest BCUT2D eigenvalue weighted by molar-refractivity contribution is -0.385. The van der Waals surface area contributed by atoms with Gasteiger partial charge in [0.05, 0.1) is 4.92 Å². The van der Waals surface area contributed by atoms with E-state index in [9.17, 15) is 27.3 Å². The summed E-state index contributed by atoms with van der Waals surface area (Å²) in [7, 11) is 0.321. The van der Waals surface area contributed by atoms with Gasteiger partial charge in [-0.3, -0.25) is 10.1 Å². The summed E-state index contributed by atoms with van der Waals surface area (Å²) in [4.78, 5) is 12.4. The van der Waals surface area contributed by atoms with E-state index in [1.807, 2.05) is 0 Å². The molecule has 0 aliphatic carbocycles. The van der Waals surface area contributed by atoms with Gasteiger partial charge in [0.15, 0.2) is 10.0 Å². The van der Waals surface area contributed by atoms with Gasteiger partial charge in [0.1, 0.15) is 5.69 Å². The molecule has 0 radical (unpaired) electrons. The smallest absolute Gasteiger partial charge is 0.258 e. The van der Waals surface area contributed by atoms with Crippen LogP contribution in [0.25, 0.3) is 0 Å². The van der Waals surface area contributed by atoms with Gasteiger partial charge in [-0.05, 0) is 0 Å². The molecule has 1 aromatic rings. The van der Waals surface area contributed by atoms with Gasteiger partial charge >= 0.3 is 0 Å². The number of nitro groups is 1. The summed E-state index contributed by atoms with van der Waals surface area (Å²) in [5.74, 6) is 0. The zero-order chi connectivity index (χ0) is 13.4. The highest BCUT2D eigenvalue weighted by molar-refractivity contribution is 8.13. The lowest BCUT2D eigenvalue weighted by atomic mass is 10.3. The van der Waals surface area contributed by atoms with Gasteiger partial charge in [-0.1, -0.05) is 11.6 Å². The van der Waals surface area contributed by atoms with Gasteiger partial charge in [-0.2, -0.15) is 0 Å². The lowest BCUT2D eigenvalue weighted by Crippen LogP contribution is -2.04. The van der Waals surface area contributed by atoms with Crippen molar-refractivity contribution in [3.63, 3.8) is 0 Å². The van der Waals surface area contributed by atoms with E-state index in [0.29, 0.717) is 6.07 Å². The molecule has 0 aliphatic rings. The molecule has 0 N–H and O–H groups in total. The monoisotopic (exact) mass is 306 g/mol. The summed E-state index contributed by atoms with van der Waals surface area (Å²) in [6, 6.07) is 0.387. The molecule has 0 aliphatic heterocycles. The van der Waals surface area contributed by atoms with Crippen LogP contribution >= 0.6 is 22.3 Å². The van der Waals surface area contributed by atoms with Crippen LogP contribution in [0.2, 0.25) is 5.02 Å². The Morgan fingerprint density at radius 3 is 2.35 bits per heavy atom. The molecule has 1 heterocycles. The second-order valence-electron chi connectivity index (χ2n) is 2.68. The molecular weight excluding hydrogens is 305 g/mol. The van der Waals surface area contributed by atoms with Gasteiger partial charge in [0, 0.05) is 16.7 Å². The third-order valence-electron chi connectivity index (χ3n) is 1.58. The van der Waals surface area contributed by atoms with Crippen molar-refractivity contribution in [2.75, 3.05) is 0 Å². The molecule has 0 aromatic carbocycles. The molecule has 1 rings (SSSR count). The van der Waals surface area contributed by atoms with Gasteiger partial charge in [-0.25, -0.2) is 22.2 Å². The van der Waals surface area contributed by atoms with E-state index in [-0.39, 0.29) is 0 Å². The highest BCUT2D eigenvalue weighted by atomic mass is 35.7. The molecule has 0 saturated carbocycles. The summed E-state index contributed by atoms with van der Waals surface area (Å²) in [5, 5.41) is 8.42. The molecule has 0 amide bonds. The maximum atomic E-state index is 12.3. The van der Waals surface area contributed by atoms with Crippen LogP contribution in [-0.4, -0.2) is 18.3 Å². The molecule has 0 unspecified atom stereocenters. The fourth-order valence-corrected chi connectivity index (χ4v) is 2.37. The number of hydrogen-bond acceptors (Lipinski definition) is 5. The summed E-state index contributed by atoms with van der Waals surface area (Å²) in [6.45, 7) is 0. The van der Waals surface area contributed by atoms with Crippen molar-refractivity contribution >= 4 is 37.0 Å². The van der Waals surface area contributed by atoms with Crippen molar-refractivity contribution in [2.24, 2.45) is 0 Å². The Kier molecular flexibility index (Phi) is 3.84. The zero-order valence-corrected chi connectivity index (χ0v) is 9.93. The normalized spacial score (nSPS) is 11.8. The maximum Gasteiger partial charge on any atom is 0.292 e. The number of alkyl halides is 2. The quantitative estimate of drug-likeness (QED) is 0.486. The minimum Gasteiger partial charge on any atom is -0.258 e. The van der Waals surface area contributed by atoms with E-state index in [0.717, 1.165) is 0 Å². The number of pyridine rings is 1. The first-order valence-corrected chi connectivity index (χ1v) is 6.41. The summed E-state index contributed by atoms with van der Waals surface area (Å²) in [5.41, 5.74) is -2.10. The van der Waals surface area contributed by atoms with E-state index < -0.39 is 41.8 Å². The molecule has 0 atom stereocenters. The average Bonchev–Trinajstić information content (AvgIpc) is 2.15. The van der Waals surface area contributed by atoms with E-state index in [4.69, 9.17) is 22.3 Å². The van der Waals surface area contributed by atoms with E-state index in [2.05, 4.69) is 4.98 Å². The Labute approximate surface area is 103 Å². The number of hydrogen-bond donors (Lipinski definition) is 0. The first-order chi connectivity index (χ1) is 7.64. The number of rotatable bonds is 3. The average molecular weight is 307 g/mol. The summed E-state index contributed by atoms with van der Waals surface area (Å²) in [6.07, 6.45) is -3.19. The van der Waals surface area contributed by atoms with Crippen LogP contribution in [0.4, 0.5) is 14.5 Å². The minimum absolute atomic E-state index is 0.387. The predicted octanol–water partition coefficient (Wildman–Crippen LogP) is 2.51. The Morgan fingerprint density at radius 1 is 1.47 bits per heavy atom. The molecule has 6 nitrogen and oxygen atoms in total. The van der Waals surface area contributed by atoms with Crippen molar-refractivity contribution in [2.45, 2.75) is 11.5 Å². The second kappa shape index (κ2) is 4.67. The molecule has 94 valence electrons. The largest absolute Gasteiger partial charge is 0.292 e. The number of aromatic nitrogens is 1. The molecule has 0 saturated heterocycles. The van der Waals surface area contributed by atoms with Gasteiger partial charge < -0.3 is 0 Å². The fraction of sp³-hybridized carbons (Fsp3) is 0.167. The van der Waals surface area contributed by atoms with Gasteiger partial charge in [-0.15, -0.1) is 0 Å². The topological polar surface area (TPSA) is 90.2 Å². The Morgan fingerprint density at radius 2 is 2.00 bits per heavy atom. The highest BCUT2D eigenvalue weighted by Crippen LogP contribution is 2.34.